The summed E-state index contributed by atoms with van der Waals surface area (Å²) in [7, 11) is 0. The first-order valence-electron chi connectivity index (χ1n) is 7.74. The van der Waals surface area contributed by atoms with Crippen LogP contribution in [-0.2, 0) is 9.53 Å². The Labute approximate surface area is 139 Å². The summed E-state index contributed by atoms with van der Waals surface area (Å²) in [5.41, 5.74) is 1.38. The molecule has 1 unspecified atom stereocenters. The summed E-state index contributed by atoms with van der Waals surface area (Å²) in [6.45, 7) is 0. The predicted octanol–water partition coefficient (Wildman–Crippen LogP) is 2.73. The third-order valence-corrected chi connectivity index (χ3v) is 3.74. The molecule has 1 aliphatic carbocycles. The van der Waals surface area contributed by atoms with Crippen LogP contribution in [0.25, 0.3) is 0 Å². The van der Waals surface area contributed by atoms with Gasteiger partial charge in [0, 0.05) is 11.6 Å². The highest BCUT2D eigenvalue weighted by Gasteiger charge is 2.31. The van der Waals surface area contributed by atoms with Gasteiger partial charge in [-0.2, -0.15) is 5.26 Å². The minimum atomic E-state index is -0.991. The smallest absolute Gasteiger partial charge is 0.339 e. The first kappa shape index (κ1) is 15.8. The third kappa shape index (κ3) is 3.79. The first-order valence-corrected chi connectivity index (χ1v) is 7.74. The summed E-state index contributed by atoms with van der Waals surface area (Å²) in [5, 5.41) is 11.7. The predicted molar refractivity (Wildman–Crippen MR) is 86.9 cm³/mol. The normalized spacial score (nSPS) is 14.3. The molecule has 0 saturated heterocycles. The van der Waals surface area contributed by atoms with E-state index in [9.17, 15) is 9.59 Å². The van der Waals surface area contributed by atoms with Gasteiger partial charge in [-0.05, 0) is 37.1 Å². The van der Waals surface area contributed by atoms with Crippen molar-refractivity contribution >= 4 is 11.9 Å². The second-order valence-electron chi connectivity index (χ2n) is 5.67. The van der Waals surface area contributed by atoms with Crippen molar-refractivity contribution < 1.29 is 14.3 Å². The maximum Gasteiger partial charge on any atom is 0.339 e. The van der Waals surface area contributed by atoms with Gasteiger partial charge in [-0.25, -0.2) is 4.79 Å². The van der Waals surface area contributed by atoms with Gasteiger partial charge in [0.2, 0.25) is 6.10 Å². The molecule has 0 aliphatic heterocycles. The Morgan fingerprint density at radius 2 is 1.75 bits per heavy atom. The molecule has 1 saturated carbocycles. The van der Waals surface area contributed by atoms with E-state index in [1.165, 1.54) is 12.1 Å². The first-order chi connectivity index (χ1) is 11.7. The average molecular weight is 320 g/mol. The highest BCUT2D eigenvalue weighted by atomic mass is 16.5. The van der Waals surface area contributed by atoms with Gasteiger partial charge in [0.1, 0.15) is 0 Å². The van der Waals surface area contributed by atoms with Crippen molar-refractivity contribution in [3.05, 3.63) is 71.3 Å². The molecule has 1 amide bonds. The van der Waals surface area contributed by atoms with E-state index < -0.39 is 12.1 Å². The number of ether oxygens (including phenoxy) is 1. The number of rotatable bonds is 5. The fourth-order valence-electron chi connectivity index (χ4n) is 2.26. The molecule has 5 nitrogen and oxygen atoms in total. The average Bonchev–Trinajstić information content (AvgIpc) is 3.44. The summed E-state index contributed by atoms with van der Waals surface area (Å²) in [4.78, 5) is 24.8. The molecular weight excluding hydrogens is 304 g/mol. The van der Waals surface area contributed by atoms with Gasteiger partial charge in [0.05, 0.1) is 17.2 Å². The lowest BCUT2D eigenvalue weighted by atomic mass is 10.1. The SMILES string of the molecule is N#Cc1ccc(C(=O)OC(C(=O)NC2CC2)c2ccccc2)cc1. The van der Waals surface area contributed by atoms with Crippen LogP contribution in [0.15, 0.2) is 54.6 Å². The van der Waals surface area contributed by atoms with Crippen LogP contribution in [0, 0.1) is 11.3 Å². The molecule has 0 aromatic heterocycles. The zero-order chi connectivity index (χ0) is 16.9. The lowest BCUT2D eigenvalue weighted by Gasteiger charge is -2.18. The number of esters is 1. The molecule has 1 fully saturated rings. The zero-order valence-corrected chi connectivity index (χ0v) is 12.9. The van der Waals surface area contributed by atoms with E-state index in [0.717, 1.165) is 12.8 Å². The number of nitriles is 1. The van der Waals surface area contributed by atoms with Crippen molar-refractivity contribution in [3.8, 4) is 6.07 Å². The van der Waals surface area contributed by atoms with Crippen molar-refractivity contribution in [1.29, 1.82) is 5.26 Å². The molecule has 2 aromatic rings. The van der Waals surface area contributed by atoms with Crippen LogP contribution in [0.2, 0.25) is 0 Å². The molecule has 1 N–H and O–H groups in total. The lowest BCUT2D eigenvalue weighted by molar-refractivity contribution is -0.130. The van der Waals surface area contributed by atoms with E-state index in [-0.39, 0.29) is 11.9 Å². The van der Waals surface area contributed by atoms with Crippen LogP contribution in [0.5, 0.6) is 0 Å². The van der Waals surface area contributed by atoms with E-state index in [1.54, 1.807) is 36.4 Å². The summed E-state index contributed by atoms with van der Waals surface area (Å²) in [5.74, 6) is -0.912. The van der Waals surface area contributed by atoms with Gasteiger partial charge in [0.25, 0.3) is 5.91 Å². The summed E-state index contributed by atoms with van der Waals surface area (Å²) in [6.07, 6.45) is 0.920. The van der Waals surface area contributed by atoms with Crippen LogP contribution in [-0.4, -0.2) is 17.9 Å². The van der Waals surface area contributed by atoms with Crippen molar-refractivity contribution in [3.63, 3.8) is 0 Å². The van der Waals surface area contributed by atoms with E-state index in [4.69, 9.17) is 10.00 Å². The van der Waals surface area contributed by atoms with Gasteiger partial charge >= 0.3 is 5.97 Å². The molecule has 0 heterocycles. The number of hydrogen-bond acceptors (Lipinski definition) is 4. The van der Waals surface area contributed by atoms with E-state index in [0.29, 0.717) is 16.7 Å². The quantitative estimate of drug-likeness (QED) is 0.859. The summed E-state index contributed by atoms with van der Waals surface area (Å²) in [6, 6.07) is 17.2. The lowest BCUT2D eigenvalue weighted by Crippen LogP contribution is -2.33. The highest BCUT2D eigenvalue weighted by Crippen LogP contribution is 2.24. The van der Waals surface area contributed by atoms with E-state index in [1.807, 2.05) is 12.1 Å². The molecule has 24 heavy (non-hydrogen) atoms. The monoisotopic (exact) mass is 320 g/mol. The van der Waals surface area contributed by atoms with Crippen LogP contribution < -0.4 is 5.32 Å². The number of amides is 1. The van der Waals surface area contributed by atoms with Crippen molar-refractivity contribution in [2.24, 2.45) is 0 Å². The molecule has 1 aliphatic rings. The topological polar surface area (TPSA) is 79.2 Å². The van der Waals surface area contributed by atoms with Crippen molar-refractivity contribution in [2.75, 3.05) is 0 Å². The molecule has 3 rings (SSSR count). The Morgan fingerprint density at radius 3 is 2.33 bits per heavy atom. The molecule has 0 radical (unpaired) electrons. The minimum absolute atomic E-state index is 0.178. The molecule has 120 valence electrons. The largest absolute Gasteiger partial charge is 0.444 e. The van der Waals surface area contributed by atoms with Gasteiger partial charge in [-0.3, -0.25) is 4.79 Å². The summed E-state index contributed by atoms with van der Waals surface area (Å²) < 4.78 is 5.45. The number of hydrogen-bond donors (Lipinski definition) is 1. The molecule has 2 aromatic carbocycles. The number of benzene rings is 2. The number of carbonyl (C=O) groups is 2. The third-order valence-electron chi connectivity index (χ3n) is 3.74. The Balaban J connectivity index is 1.78. The Kier molecular flexibility index (Phi) is 4.57. The molecule has 0 bridgehead atoms. The standard InChI is InChI=1S/C19H16N2O3/c20-12-13-6-8-15(9-7-13)19(23)24-17(14-4-2-1-3-5-14)18(22)21-16-10-11-16/h1-9,16-17H,10-11H2,(H,21,22). The Bertz CT molecular complexity index is 775. The second-order valence-corrected chi connectivity index (χ2v) is 5.67. The Hall–Kier alpha value is -3.13. The molecule has 0 spiro atoms. The van der Waals surface area contributed by atoms with Crippen molar-refractivity contribution in [2.45, 2.75) is 25.0 Å². The number of carbonyl (C=O) groups excluding carboxylic acids is 2. The maximum absolute atomic E-state index is 12.4. The van der Waals surface area contributed by atoms with Crippen LogP contribution in [0.3, 0.4) is 0 Å². The molecule has 5 heteroatoms. The maximum atomic E-state index is 12.4. The minimum Gasteiger partial charge on any atom is -0.444 e. The zero-order valence-electron chi connectivity index (χ0n) is 12.9. The number of nitrogens with zero attached hydrogens (tertiary/aromatic N) is 1. The second kappa shape index (κ2) is 6.97. The number of nitrogens with one attached hydrogen (secondary N) is 1. The fourth-order valence-corrected chi connectivity index (χ4v) is 2.26. The van der Waals surface area contributed by atoms with Crippen molar-refractivity contribution in [1.82, 2.24) is 5.32 Å². The van der Waals surface area contributed by atoms with Gasteiger partial charge in [-0.1, -0.05) is 30.3 Å². The van der Waals surface area contributed by atoms with Crippen LogP contribution in [0.4, 0.5) is 0 Å². The van der Waals surface area contributed by atoms with Gasteiger partial charge in [-0.15, -0.1) is 0 Å². The van der Waals surface area contributed by atoms with E-state index in [2.05, 4.69) is 5.32 Å². The molecular formula is C19H16N2O3. The van der Waals surface area contributed by atoms with Crippen LogP contribution >= 0.6 is 0 Å². The van der Waals surface area contributed by atoms with Crippen LogP contribution in [0.1, 0.15) is 40.4 Å². The Morgan fingerprint density at radius 1 is 1.08 bits per heavy atom. The van der Waals surface area contributed by atoms with E-state index >= 15 is 0 Å². The fraction of sp³-hybridized carbons (Fsp3) is 0.211. The summed E-state index contributed by atoms with van der Waals surface area (Å²) >= 11 is 0. The highest BCUT2D eigenvalue weighted by molar-refractivity contribution is 5.92. The van der Waals surface area contributed by atoms with Gasteiger partial charge in [0.15, 0.2) is 0 Å². The van der Waals surface area contributed by atoms with Gasteiger partial charge < -0.3 is 10.1 Å². The molecule has 1 atom stereocenters.